The number of pyridine rings is 1. The highest BCUT2D eigenvalue weighted by Gasteiger charge is 2.14. The third-order valence-corrected chi connectivity index (χ3v) is 2.98. The standard InChI is InChI=1S/C12H8N4OS/c1-8-2-3-9(6-13)11(16-8)18-12(17)10-7-14-4-5-15-10/h2-5,7H,1H3. The van der Waals surface area contributed by atoms with E-state index >= 15 is 0 Å². The minimum atomic E-state index is -0.280. The normalized spacial score (nSPS) is 9.78. The summed E-state index contributed by atoms with van der Waals surface area (Å²) in [5.41, 5.74) is 1.38. The van der Waals surface area contributed by atoms with Gasteiger partial charge in [0.2, 0.25) is 5.12 Å². The van der Waals surface area contributed by atoms with E-state index in [1.54, 1.807) is 19.1 Å². The maximum absolute atomic E-state index is 11.9. The molecule has 0 aliphatic carbocycles. The Morgan fingerprint density at radius 1 is 1.39 bits per heavy atom. The molecule has 0 fully saturated rings. The lowest BCUT2D eigenvalue weighted by Crippen LogP contribution is -2.00. The minimum absolute atomic E-state index is 0.245. The Kier molecular flexibility index (Phi) is 3.65. The van der Waals surface area contributed by atoms with Crippen molar-refractivity contribution in [2.45, 2.75) is 11.9 Å². The molecule has 2 aromatic heterocycles. The highest BCUT2D eigenvalue weighted by molar-refractivity contribution is 8.14. The fourth-order valence-electron chi connectivity index (χ4n) is 1.24. The molecule has 2 aromatic rings. The van der Waals surface area contributed by atoms with Crippen LogP contribution < -0.4 is 0 Å². The second kappa shape index (κ2) is 5.38. The molecular formula is C12H8N4OS. The first kappa shape index (κ1) is 12.2. The predicted molar refractivity (Wildman–Crippen MR) is 65.9 cm³/mol. The van der Waals surface area contributed by atoms with E-state index in [1.165, 1.54) is 18.6 Å². The lowest BCUT2D eigenvalue weighted by molar-refractivity contribution is 0.108. The summed E-state index contributed by atoms with van der Waals surface area (Å²) in [4.78, 5) is 23.8. The van der Waals surface area contributed by atoms with Crippen LogP contribution in [0, 0.1) is 18.3 Å². The maximum Gasteiger partial charge on any atom is 0.245 e. The molecule has 0 aromatic carbocycles. The highest BCUT2D eigenvalue weighted by Crippen LogP contribution is 2.23. The van der Waals surface area contributed by atoms with Gasteiger partial charge in [0.05, 0.1) is 11.8 Å². The van der Waals surface area contributed by atoms with Gasteiger partial charge in [-0.25, -0.2) is 9.97 Å². The molecule has 18 heavy (non-hydrogen) atoms. The van der Waals surface area contributed by atoms with Crippen LogP contribution in [0.2, 0.25) is 0 Å². The average molecular weight is 256 g/mol. The van der Waals surface area contributed by atoms with Crippen LogP contribution in [0.25, 0.3) is 0 Å². The third-order valence-electron chi connectivity index (χ3n) is 2.08. The molecule has 0 bridgehead atoms. The maximum atomic E-state index is 11.9. The van der Waals surface area contributed by atoms with Crippen LogP contribution >= 0.6 is 11.8 Å². The van der Waals surface area contributed by atoms with Gasteiger partial charge in [0.1, 0.15) is 16.8 Å². The van der Waals surface area contributed by atoms with Crippen LogP contribution in [-0.2, 0) is 0 Å². The third kappa shape index (κ3) is 2.70. The Hall–Kier alpha value is -2.26. The molecule has 0 N–H and O–H groups in total. The topological polar surface area (TPSA) is 79.5 Å². The molecule has 0 aliphatic rings. The van der Waals surface area contributed by atoms with Gasteiger partial charge < -0.3 is 0 Å². The first-order valence-electron chi connectivity index (χ1n) is 5.06. The summed E-state index contributed by atoms with van der Waals surface area (Å²) >= 11 is 0.887. The largest absolute Gasteiger partial charge is 0.279 e. The van der Waals surface area contributed by atoms with E-state index in [2.05, 4.69) is 15.0 Å². The summed E-state index contributed by atoms with van der Waals surface area (Å²) < 4.78 is 0. The summed E-state index contributed by atoms with van der Waals surface area (Å²) in [7, 11) is 0. The summed E-state index contributed by atoms with van der Waals surface area (Å²) in [6.45, 7) is 1.80. The van der Waals surface area contributed by atoms with Crippen molar-refractivity contribution in [2.24, 2.45) is 0 Å². The van der Waals surface area contributed by atoms with Crippen molar-refractivity contribution < 1.29 is 4.79 Å². The molecule has 5 nitrogen and oxygen atoms in total. The van der Waals surface area contributed by atoms with Gasteiger partial charge in [0.15, 0.2) is 0 Å². The number of carbonyl (C=O) groups is 1. The first-order chi connectivity index (χ1) is 8.70. The average Bonchev–Trinajstić information content (AvgIpc) is 2.40. The van der Waals surface area contributed by atoms with Crippen molar-refractivity contribution in [2.75, 3.05) is 0 Å². The fourth-order valence-corrected chi connectivity index (χ4v) is 2.04. The Labute approximate surface area is 108 Å². The van der Waals surface area contributed by atoms with Crippen LogP contribution in [-0.4, -0.2) is 20.1 Å². The summed E-state index contributed by atoms with van der Waals surface area (Å²) in [6, 6.07) is 5.39. The van der Waals surface area contributed by atoms with Gasteiger partial charge in [-0.3, -0.25) is 9.78 Å². The summed E-state index contributed by atoms with van der Waals surface area (Å²) in [5.74, 6) is 0. The Bertz CT molecular complexity index is 622. The SMILES string of the molecule is Cc1ccc(C#N)c(SC(=O)c2cnccn2)n1. The van der Waals surface area contributed by atoms with E-state index in [0.29, 0.717) is 10.6 Å². The fraction of sp³-hybridized carbons (Fsp3) is 0.0833. The Morgan fingerprint density at radius 2 is 2.22 bits per heavy atom. The number of hydrogen-bond acceptors (Lipinski definition) is 6. The molecule has 0 amide bonds. The first-order valence-corrected chi connectivity index (χ1v) is 5.88. The van der Waals surface area contributed by atoms with Crippen LogP contribution in [0.3, 0.4) is 0 Å². The van der Waals surface area contributed by atoms with Crippen molar-refractivity contribution in [1.82, 2.24) is 15.0 Å². The molecular weight excluding hydrogens is 248 g/mol. The van der Waals surface area contributed by atoms with E-state index in [9.17, 15) is 4.79 Å². The second-order valence-corrected chi connectivity index (χ2v) is 4.36. The van der Waals surface area contributed by atoms with Gasteiger partial charge in [0, 0.05) is 18.1 Å². The molecule has 0 spiro atoms. The molecule has 0 radical (unpaired) electrons. The molecule has 6 heteroatoms. The highest BCUT2D eigenvalue weighted by atomic mass is 32.2. The number of aryl methyl sites for hydroxylation is 1. The lowest BCUT2D eigenvalue weighted by Gasteiger charge is -2.02. The van der Waals surface area contributed by atoms with Crippen molar-refractivity contribution in [3.63, 3.8) is 0 Å². The quantitative estimate of drug-likeness (QED) is 0.764. The minimum Gasteiger partial charge on any atom is -0.279 e. The van der Waals surface area contributed by atoms with Gasteiger partial charge in [-0.2, -0.15) is 5.26 Å². The van der Waals surface area contributed by atoms with Crippen molar-refractivity contribution in [3.8, 4) is 6.07 Å². The monoisotopic (exact) mass is 256 g/mol. The number of nitriles is 1. The summed E-state index contributed by atoms with van der Waals surface area (Å²) in [6.07, 6.45) is 4.33. The molecule has 0 unspecified atom stereocenters. The predicted octanol–water partition coefficient (Wildman–Crippen LogP) is 1.98. The number of nitrogens with zero attached hydrogens (tertiary/aromatic N) is 4. The number of thioether (sulfide) groups is 1. The Balaban J connectivity index is 2.28. The molecule has 0 aliphatic heterocycles. The van der Waals surface area contributed by atoms with Crippen molar-refractivity contribution in [3.05, 3.63) is 47.7 Å². The number of rotatable bonds is 2. The number of carbonyl (C=O) groups excluding carboxylic acids is 1. The number of hydrogen-bond donors (Lipinski definition) is 0. The molecule has 2 rings (SSSR count). The molecule has 88 valence electrons. The zero-order valence-corrected chi connectivity index (χ0v) is 10.3. The van der Waals surface area contributed by atoms with Crippen molar-refractivity contribution in [1.29, 1.82) is 5.26 Å². The molecule has 2 heterocycles. The van der Waals surface area contributed by atoms with E-state index in [4.69, 9.17) is 5.26 Å². The van der Waals surface area contributed by atoms with E-state index in [0.717, 1.165) is 17.5 Å². The molecule has 0 saturated heterocycles. The lowest BCUT2D eigenvalue weighted by atomic mass is 10.3. The second-order valence-electron chi connectivity index (χ2n) is 3.40. The molecule has 0 atom stereocenters. The summed E-state index contributed by atoms with van der Waals surface area (Å²) in [5, 5.41) is 9.07. The van der Waals surface area contributed by atoms with E-state index < -0.39 is 0 Å². The van der Waals surface area contributed by atoms with E-state index in [-0.39, 0.29) is 10.8 Å². The molecule has 0 saturated carbocycles. The van der Waals surface area contributed by atoms with Crippen LogP contribution in [0.4, 0.5) is 0 Å². The van der Waals surface area contributed by atoms with Gasteiger partial charge >= 0.3 is 0 Å². The van der Waals surface area contributed by atoms with Crippen LogP contribution in [0.1, 0.15) is 21.7 Å². The zero-order chi connectivity index (χ0) is 13.0. The number of aromatic nitrogens is 3. The van der Waals surface area contributed by atoms with E-state index in [1.807, 2.05) is 6.07 Å². The van der Waals surface area contributed by atoms with Crippen LogP contribution in [0.5, 0.6) is 0 Å². The van der Waals surface area contributed by atoms with Gasteiger partial charge in [-0.05, 0) is 30.8 Å². The Morgan fingerprint density at radius 3 is 2.89 bits per heavy atom. The smallest absolute Gasteiger partial charge is 0.245 e. The van der Waals surface area contributed by atoms with Crippen LogP contribution in [0.15, 0.2) is 35.7 Å². The van der Waals surface area contributed by atoms with Gasteiger partial charge in [-0.15, -0.1) is 0 Å². The van der Waals surface area contributed by atoms with Gasteiger partial charge in [-0.1, -0.05) is 0 Å². The van der Waals surface area contributed by atoms with Gasteiger partial charge in [0.25, 0.3) is 0 Å². The zero-order valence-electron chi connectivity index (χ0n) is 9.49. The van der Waals surface area contributed by atoms with Crippen molar-refractivity contribution >= 4 is 16.9 Å².